The fraction of sp³-hybridized carbons (Fsp3) is 0.417. The lowest BCUT2D eigenvalue weighted by atomic mass is 10.1. The third kappa shape index (κ3) is 2.71. The van der Waals surface area contributed by atoms with Crippen LogP contribution in [0.25, 0.3) is 0 Å². The summed E-state index contributed by atoms with van der Waals surface area (Å²) in [6, 6.07) is 10.1. The first kappa shape index (κ1) is 11.5. The van der Waals surface area contributed by atoms with Gasteiger partial charge in [-0.15, -0.1) is 0 Å². The second-order valence-corrected chi connectivity index (χ2v) is 3.53. The van der Waals surface area contributed by atoms with Gasteiger partial charge in [0, 0.05) is 24.8 Å². The maximum atomic E-state index is 8.82. The largest absolute Gasteiger partial charge is 0.368 e. The summed E-state index contributed by atoms with van der Waals surface area (Å²) in [6.45, 7) is 5.69. The molecule has 1 rings (SSSR count). The van der Waals surface area contributed by atoms with E-state index in [0.29, 0.717) is 18.2 Å². The van der Waals surface area contributed by atoms with Crippen LogP contribution in [-0.4, -0.2) is 19.1 Å². The van der Waals surface area contributed by atoms with E-state index in [2.05, 4.69) is 24.8 Å². The average molecular weight is 203 g/mol. The summed E-state index contributed by atoms with van der Waals surface area (Å²) in [5, 5.41) is 8.82. The van der Waals surface area contributed by atoms with Crippen molar-refractivity contribution in [3.05, 3.63) is 29.8 Å². The normalized spacial score (nSPS) is 11.9. The van der Waals surface area contributed by atoms with Gasteiger partial charge in [-0.25, -0.2) is 0 Å². The highest BCUT2D eigenvalue weighted by molar-refractivity contribution is 5.52. The van der Waals surface area contributed by atoms with Gasteiger partial charge >= 0.3 is 0 Å². The SMILES string of the molecule is CCN(c1cccc(C#N)c1)C(C)CN. The molecule has 0 aliphatic heterocycles. The predicted octanol–water partition coefficient (Wildman–Crippen LogP) is 1.73. The Morgan fingerprint density at radius 3 is 2.80 bits per heavy atom. The molecule has 0 radical (unpaired) electrons. The second-order valence-electron chi connectivity index (χ2n) is 3.53. The third-order valence-corrected chi connectivity index (χ3v) is 2.52. The third-order valence-electron chi connectivity index (χ3n) is 2.52. The van der Waals surface area contributed by atoms with Crippen LogP contribution in [-0.2, 0) is 0 Å². The Balaban J connectivity index is 2.97. The van der Waals surface area contributed by atoms with Gasteiger partial charge in [0.25, 0.3) is 0 Å². The molecule has 0 aromatic heterocycles. The predicted molar refractivity (Wildman–Crippen MR) is 62.7 cm³/mol. The zero-order valence-corrected chi connectivity index (χ0v) is 9.27. The Hall–Kier alpha value is -1.53. The van der Waals surface area contributed by atoms with Crippen LogP contribution in [0.5, 0.6) is 0 Å². The van der Waals surface area contributed by atoms with E-state index in [4.69, 9.17) is 11.0 Å². The summed E-state index contributed by atoms with van der Waals surface area (Å²) in [5.74, 6) is 0. The standard InChI is InChI=1S/C12H17N3/c1-3-15(10(2)8-13)12-6-4-5-11(7-12)9-14/h4-7,10H,3,8,13H2,1-2H3. The van der Waals surface area contributed by atoms with Gasteiger partial charge in [0.1, 0.15) is 0 Å². The molecule has 1 atom stereocenters. The number of nitrogens with zero attached hydrogens (tertiary/aromatic N) is 2. The van der Waals surface area contributed by atoms with Gasteiger partial charge in [0.2, 0.25) is 0 Å². The Labute approximate surface area is 91.1 Å². The maximum absolute atomic E-state index is 8.82. The minimum Gasteiger partial charge on any atom is -0.368 e. The molecule has 3 nitrogen and oxygen atoms in total. The molecule has 1 aromatic rings. The van der Waals surface area contributed by atoms with E-state index in [1.807, 2.05) is 24.3 Å². The monoisotopic (exact) mass is 203 g/mol. The molecule has 2 N–H and O–H groups in total. The lowest BCUT2D eigenvalue weighted by Gasteiger charge is -2.29. The first-order valence-electron chi connectivity index (χ1n) is 5.19. The van der Waals surface area contributed by atoms with E-state index in [1.165, 1.54) is 0 Å². The highest BCUT2D eigenvalue weighted by Crippen LogP contribution is 2.17. The zero-order valence-electron chi connectivity index (χ0n) is 9.27. The van der Waals surface area contributed by atoms with E-state index in [0.717, 1.165) is 12.2 Å². The van der Waals surface area contributed by atoms with Gasteiger partial charge in [0.05, 0.1) is 11.6 Å². The summed E-state index contributed by atoms with van der Waals surface area (Å²) in [7, 11) is 0. The van der Waals surface area contributed by atoms with Crippen LogP contribution in [0.1, 0.15) is 19.4 Å². The van der Waals surface area contributed by atoms with Crippen LogP contribution in [0.4, 0.5) is 5.69 Å². The molecule has 0 spiro atoms. The molecule has 15 heavy (non-hydrogen) atoms. The van der Waals surface area contributed by atoms with Gasteiger partial charge in [-0.2, -0.15) is 5.26 Å². The Bertz CT molecular complexity index is 354. The van der Waals surface area contributed by atoms with Crippen molar-refractivity contribution in [1.29, 1.82) is 5.26 Å². The van der Waals surface area contributed by atoms with Gasteiger partial charge in [-0.3, -0.25) is 0 Å². The molecular formula is C12H17N3. The summed E-state index contributed by atoms with van der Waals surface area (Å²) in [6.07, 6.45) is 0. The number of nitriles is 1. The minimum atomic E-state index is 0.295. The molecule has 3 heteroatoms. The Morgan fingerprint density at radius 1 is 1.53 bits per heavy atom. The highest BCUT2D eigenvalue weighted by atomic mass is 15.2. The molecule has 1 aromatic carbocycles. The van der Waals surface area contributed by atoms with Gasteiger partial charge < -0.3 is 10.6 Å². The Morgan fingerprint density at radius 2 is 2.27 bits per heavy atom. The fourth-order valence-corrected chi connectivity index (χ4v) is 1.63. The molecule has 0 aliphatic carbocycles. The van der Waals surface area contributed by atoms with Crippen LogP contribution < -0.4 is 10.6 Å². The van der Waals surface area contributed by atoms with Crippen LogP contribution in [0.3, 0.4) is 0 Å². The molecule has 0 aliphatic rings. The van der Waals surface area contributed by atoms with Crippen molar-refractivity contribution in [2.75, 3.05) is 18.0 Å². The van der Waals surface area contributed by atoms with E-state index < -0.39 is 0 Å². The molecule has 80 valence electrons. The van der Waals surface area contributed by atoms with Gasteiger partial charge in [-0.05, 0) is 32.0 Å². The number of rotatable bonds is 4. The Kier molecular flexibility index (Phi) is 4.14. The highest BCUT2D eigenvalue weighted by Gasteiger charge is 2.10. The first-order chi connectivity index (χ1) is 7.22. The summed E-state index contributed by atoms with van der Waals surface area (Å²) in [4.78, 5) is 2.20. The number of anilines is 1. The lowest BCUT2D eigenvalue weighted by Crippen LogP contribution is -2.38. The van der Waals surface area contributed by atoms with E-state index >= 15 is 0 Å². The summed E-state index contributed by atoms with van der Waals surface area (Å²) >= 11 is 0. The van der Waals surface area contributed by atoms with Crippen LogP contribution in [0, 0.1) is 11.3 Å². The number of hydrogen-bond acceptors (Lipinski definition) is 3. The zero-order chi connectivity index (χ0) is 11.3. The van der Waals surface area contributed by atoms with Crippen molar-refractivity contribution < 1.29 is 0 Å². The molecule has 1 unspecified atom stereocenters. The van der Waals surface area contributed by atoms with Crippen LogP contribution in [0.15, 0.2) is 24.3 Å². The number of hydrogen-bond donors (Lipinski definition) is 1. The quantitative estimate of drug-likeness (QED) is 0.810. The van der Waals surface area contributed by atoms with Gasteiger partial charge in [0.15, 0.2) is 0 Å². The first-order valence-corrected chi connectivity index (χ1v) is 5.19. The smallest absolute Gasteiger partial charge is 0.0992 e. The summed E-state index contributed by atoms with van der Waals surface area (Å²) in [5.41, 5.74) is 7.40. The van der Waals surface area contributed by atoms with Crippen LogP contribution >= 0.6 is 0 Å². The van der Waals surface area contributed by atoms with E-state index in [1.54, 1.807) is 0 Å². The molecule has 0 saturated heterocycles. The van der Waals surface area contributed by atoms with Crippen LogP contribution in [0.2, 0.25) is 0 Å². The fourth-order valence-electron chi connectivity index (χ4n) is 1.63. The maximum Gasteiger partial charge on any atom is 0.0992 e. The second kappa shape index (κ2) is 5.38. The van der Waals surface area contributed by atoms with Gasteiger partial charge in [-0.1, -0.05) is 6.07 Å². The summed E-state index contributed by atoms with van der Waals surface area (Å²) < 4.78 is 0. The number of nitrogens with two attached hydrogens (primary N) is 1. The molecule has 0 fully saturated rings. The molecular weight excluding hydrogens is 186 g/mol. The topological polar surface area (TPSA) is 53.0 Å². The van der Waals surface area contributed by atoms with Crippen molar-refractivity contribution in [3.8, 4) is 6.07 Å². The number of likely N-dealkylation sites (N-methyl/N-ethyl adjacent to an activating group) is 1. The van der Waals surface area contributed by atoms with Crippen molar-refractivity contribution in [2.24, 2.45) is 5.73 Å². The number of benzene rings is 1. The molecule has 0 bridgehead atoms. The average Bonchev–Trinajstić information content (AvgIpc) is 2.30. The lowest BCUT2D eigenvalue weighted by molar-refractivity contribution is 0.657. The molecule has 0 saturated carbocycles. The van der Waals surface area contributed by atoms with Crippen molar-refractivity contribution in [2.45, 2.75) is 19.9 Å². The van der Waals surface area contributed by atoms with Crippen molar-refractivity contribution in [1.82, 2.24) is 0 Å². The molecule has 0 amide bonds. The molecule has 0 heterocycles. The van der Waals surface area contributed by atoms with Crippen molar-refractivity contribution in [3.63, 3.8) is 0 Å². The van der Waals surface area contributed by atoms with E-state index in [-0.39, 0.29) is 0 Å². The van der Waals surface area contributed by atoms with Crippen molar-refractivity contribution >= 4 is 5.69 Å². The minimum absolute atomic E-state index is 0.295. The van der Waals surface area contributed by atoms with E-state index in [9.17, 15) is 0 Å².